The SMILES string of the molecule is CCCNc1nccc(C(=O)NC2CC2)c1F. The molecule has 1 aromatic rings. The maximum absolute atomic E-state index is 13.9. The van der Waals surface area contributed by atoms with Crippen LogP contribution in [0.4, 0.5) is 10.2 Å². The number of nitrogens with zero attached hydrogens (tertiary/aromatic N) is 1. The van der Waals surface area contributed by atoms with Crippen LogP contribution >= 0.6 is 0 Å². The summed E-state index contributed by atoms with van der Waals surface area (Å²) >= 11 is 0. The van der Waals surface area contributed by atoms with Crippen LogP contribution in [0.1, 0.15) is 36.5 Å². The minimum atomic E-state index is -0.570. The number of halogens is 1. The highest BCUT2D eigenvalue weighted by atomic mass is 19.1. The van der Waals surface area contributed by atoms with Gasteiger partial charge in [0.05, 0.1) is 5.56 Å². The maximum Gasteiger partial charge on any atom is 0.254 e. The van der Waals surface area contributed by atoms with E-state index in [4.69, 9.17) is 0 Å². The molecular formula is C12H16FN3O. The van der Waals surface area contributed by atoms with Gasteiger partial charge in [-0.05, 0) is 25.3 Å². The Morgan fingerprint density at radius 2 is 2.35 bits per heavy atom. The predicted molar refractivity (Wildman–Crippen MR) is 63.5 cm³/mol. The fourth-order valence-electron chi connectivity index (χ4n) is 1.48. The second-order valence-electron chi connectivity index (χ2n) is 4.20. The number of anilines is 1. The lowest BCUT2D eigenvalue weighted by Gasteiger charge is -2.08. The molecule has 1 aromatic heterocycles. The zero-order valence-electron chi connectivity index (χ0n) is 9.79. The first-order chi connectivity index (χ1) is 8.22. The lowest BCUT2D eigenvalue weighted by atomic mass is 10.2. The third-order valence-electron chi connectivity index (χ3n) is 2.59. The molecule has 1 amide bonds. The Morgan fingerprint density at radius 3 is 3.00 bits per heavy atom. The van der Waals surface area contributed by atoms with Crippen LogP contribution in [-0.2, 0) is 0 Å². The van der Waals surface area contributed by atoms with Crippen molar-refractivity contribution >= 4 is 11.7 Å². The summed E-state index contributed by atoms with van der Waals surface area (Å²) in [6.07, 6.45) is 4.29. The van der Waals surface area contributed by atoms with Gasteiger partial charge in [-0.15, -0.1) is 0 Å². The van der Waals surface area contributed by atoms with E-state index in [9.17, 15) is 9.18 Å². The van der Waals surface area contributed by atoms with Crippen molar-refractivity contribution in [2.24, 2.45) is 0 Å². The number of rotatable bonds is 5. The van der Waals surface area contributed by atoms with Crippen LogP contribution in [0.2, 0.25) is 0 Å². The Labute approximate surface area is 99.6 Å². The van der Waals surface area contributed by atoms with E-state index in [2.05, 4.69) is 15.6 Å². The second kappa shape index (κ2) is 5.12. The molecule has 0 radical (unpaired) electrons. The summed E-state index contributed by atoms with van der Waals surface area (Å²) in [5, 5.41) is 5.62. The van der Waals surface area contributed by atoms with Crippen LogP contribution < -0.4 is 10.6 Å². The van der Waals surface area contributed by atoms with Crippen molar-refractivity contribution in [3.8, 4) is 0 Å². The Morgan fingerprint density at radius 1 is 1.59 bits per heavy atom. The lowest BCUT2D eigenvalue weighted by molar-refractivity contribution is 0.0947. The third kappa shape index (κ3) is 2.93. The van der Waals surface area contributed by atoms with Crippen molar-refractivity contribution in [3.05, 3.63) is 23.6 Å². The van der Waals surface area contributed by atoms with Gasteiger partial charge in [0.1, 0.15) is 0 Å². The molecule has 0 saturated heterocycles. The van der Waals surface area contributed by atoms with Crippen LogP contribution in [0.3, 0.4) is 0 Å². The van der Waals surface area contributed by atoms with Crippen molar-refractivity contribution in [2.75, 3.05) is 11.9 Å². The second-order valence-corrected chi connectivity index (χ2v) is 4.20. The lowest BCUT2D eigenvalue weighted by Crippen LogP contribution is -2.26. The van der Waals surface area contributed by atoms with Crippen molar-refractivity contribution in [1.29, 1.82) is 0 Å². The molecule has 1 aliphatic carbocycles. The highest BCUT2D eigenvalue weighted by molar-refractivity contribution is 5.95. The van der Waals surface area contributed by atoms with Crippen molar-refractivity contribution in [2.45, 2.75) is 32.2 Å². The predicted octanol–water partition coefficient (Wildman–Crippen LogP) is 1.93. The highest BCUT2D eigenvalue weighted by Crippen LogP contribution is 2.21. The molecule has 0 bridgehead atoms. The first kappa shape index (κ1) is 11.8. The van der Waals surface area contributed by atoms with Gasteiger partial charge in [0.2, 0.25) is 0 Å². The van der Waals surface area contributed by atoms with E-state index < -0.39 is 5.82 Å². The molecule has 0 spiro atoms. The van der Waals surface area contributed by atoms with Crippen LogP contribution in [0.15, 0.2) is 12.3 Å². The summed E-state index contributed by atoms with van der Waals surface area (Å²) in [6.45, 7) is 2.62. The number of amides is 1. The first-order valence-electron chi connectivity index (χ1n) is 5.91. The molecule has 5 heteroatoms. The van der Waals surface area contributed by atoms with Crippen LogP contribution in [-0.4, -0.2) is 23.5 Å². The van der Waals surface area contributed by atoms with E-state index in [0.717, 1.165) is 19.3 Å². The Kier molecular flexibility index (Phi) is 3.56. The number of hydrogen-bond donors (Lipinski definition) is 2. The summed E-state index contributed by atoms with van der Waals surface area (Å²) in [7, 11) is 0. The smallest absolute Gasteiger partial charge is 0.254 e. The van der Waals surface area contributed by atoms with Crippen molar-refractivity contribution < 1.29 is 9.18 Å². The quantitative estimate of drug-likeness (QED) is 0.822. The van der Waals surface area contributed by atoms with Crippen LogP contribution in [0.5, 0.6) is 0 Å². The molecule has 17 heavy (non-hydrogen) atoms. The molecular weight excluding hydrogens is 221 g/mol. The van der Waals surface area contributed by atoms with E-state index in [1.807, 2.05) is 6.92 Å². The molecule has 0 aromatic carbocycles. The number of nitrogens with one attached hydrogen (secondary N) is 2. The van der Waals surface area contributed by atoms with E-state index in [1.165, 1.54) is 12.3 Å². The number of carbonyl (C=O) groups excluding carboxylic acids is 1. The van der Waals surface area contributed by atoms with E-state index in [-0.39, 0.29) is 23.3 Å². The zero-order chi connectivity index (χ0) is 12.3. The molecule has 0 atom stereocenters. The Hall–Kier alpha value is -1.65. The average Bonchev–Trinajstić information content (AvgIpc) is 3.11. The maximum atomic E-state index is 13.9. The number of aromatic nitrogens is 1. The van der Waals surface area contributed by atoms with E-state index >= 15 is 0 Å². The summed E-state index contributed by atoms with van der Waals surface area (Å²) in [4.78, 5) is 15.6. The van der Waals surface area contributed by atoms with Gasteiger partial charge in [-0.1, -0.05) is 6.92 Å². The van der Waals surface area contributed by atoms with E-state index in [0.29, 0.717) is 6.54 Å². The molecule has 0 unspecified atom stereocenters. The fourth-order valence-corrected chi connectivity index (χ4v) is 1.48. The largest absolute Gasteiger partial charge is 0.368 e. The monoisotopic (exact) mass is 237 g/mol. The minimum Gasteiger partial charge on any atom is -0.368 e. The minimum absolute atomic E-state index is 0.0607. The molecule has 2 rings (SSSR count). The van der Waals surface area contributed by atoms with Gasteiger partial charge in [0, 0.05) is 18.8 Å². The highest BCUT2D eigenvalue weighted by Gasteiger charge is 2.25. The van der Waals surface area contributed by atoms with Gasteiger partial charge in [-0.2, -0.15) is 0 Å². The number of carbonyl (C=O) groups is 1. The first-order valence-corrected chi connectivity index (χ1v) is 5.91. The average molecular weight is 237 g/mol. The molecule has 1 saturated carbocycles. The van der Waals surface area contributed by atoms with Crippen molar-refractivity contribution in [1.82, 2.24) is 10.3 Å². The summed E-state index contributed by atoms with van der Waals surface area (Å²) in [5.74, 6) is -0.777. The summed E-state index contributed by atoms with van der Waals surface area (Å²) in [5.41, 5.74) is 0.0607. The topological polar surface area (TPSA) is 54.0 Å². The normalized spacial score (nSPS) is 14.5. The van der Waals surface area contributed by atoms with Crippen LogP contribution in [0.25, 0.3) is 0 Å². The molecule has 1 aliphatic rings. The summed E-state index contributed by atoms with van der Waals surface area (Å²) < 4.78 is 13.9. The number of hydrogen-bond acceptors (Lipinski definition) is 3. The van der Waals surface area contributed by atoms with Gasteiger partial charge in [-0.3, -0.25) is 4.79 Å². The Bertz CT molecular complexity index is 418. The standard InChI is InChI=1S/C12H16FN3O/c1-2-6-14-11-10(13)9(5-7-15-11)12(17)16-8-3-4-8/h5,7-8H,2-4,6H2,1H3,(H,14,15)(H,16,17). The van der Waals surface area contributed by atoms with Gasteiger partial charge >= 0.3 is 0 Å². The number of pyridine rings is 1. The molecule has 2 N–H and O–H groups in total. The molecule has 4 nitrogen and oxygen atoms in total. The zero-order valence-corrected chi connectivity index (χ0v) is 9.79. The van der Waals surface area contributed by atoms with E-state index in [1.54, 1.807) is 0 Å². The van der Waals surface area contributed by atoms with Gasteiger partial charge in [0.15, 0.2) is 11.6 Å². The summed E-state index contributed by atoms with van der Waals surface area (Å²) in [6, 6.07) is 1.63. The van der Waals surface area contributed by atoms with Crippen molar-refractivity contribution in [3.63, 3.8) is 0 Å². The molecule has 1 fully saturated rings. The molecule has 1 heterocycles. The Balaban J connectivity index is 2.12. The molecule has 0 aliphatic heterocycles. The van der Waals surface area contributed by atoms with Crippen LogP contribution in [0, 0.1) is 5.82 Å². The molecule has 92 valence electrons. The fraction of sp³-hybridized carbons (Fsp3) is 0.500. The van der Waals surface area contributed by atoms with Gasteiger partial charge < -0.3 is 10.6 Å². The third-order valence-corrected chi connectivity index (χ3v) is 2.59. The van der Waals surface area contributed by atoms with Gasteiger partial charge in [0.25, 0.3) is 5.91 Å². The van der Waals surface area contributed by atoms with Gasteiger partial charge in [-0.25, -0.2) is 9.37 Å².